The van der Waals surface area contributed by atoms with Gasteiger partial charge in [-0.2, -0.15) is 13.2 Å². The Bertz CT molecular complexity index is 352. The van der Waals surface area contributed by atoms with Gasteiger partial charge in [0.05, 0.1) is 5.69 Å². The van der Waals surface area contributed by atoms with Crippen LogP contribution < -0.4 is 5.32 Å². The number of nitrogens with zero attached hydrogens (tertiary/aromatic N) is 1. The van der Waals surface area contributed by atoms with Gasteiger partial charge < -0.3 is 10.4 Å². The second-order valence-corrected chi connectivity index (χ2v) is 3.10. The molecular formula is C9H11F3N2O. The maximum Gasteiger partial charge on any atom is 0.420 e. The Labute approximate surface area is 85.0 Å². The van der Waals surface area contributed by atoms with Gasteiger partial charge in [-0.15, -0.1) is 0 Å². The highest BCUT2D eigenvalue weighted by molar-refractivity contribution is 5.43. The fourth-order valence-electron chi connectivity index (χ4n) is 1.12. The van der Waals surface area contributed by atoms with Crippen molar-refractivity contribution in [2.75, 3.05) is 12.4 Å². The molecule has 1 aromatic heterocycles. The molecule has 6 heteroatoms. The van der Waals surface area contributed by atoms with Crippen LogP contribution in [-0.2, 0) is 0 Å². The van der Waals surface area contributed by atoms with Crippen molar-refractivity contribution in [3.05, 3.63) is 23.4 Å². The van der Waals surface area contributed by atoms with Crippen molar-refractivity contribution in [2.24, 2.45) is 0 Å². The fourth-order valence-corrected chi connectivity index (χ4v) is 1.12. The van der Waals surface area contributed by atoms with Gasteiger partial charge in [-0.1, -0.05) is 6.07 Å². The number of hydrogen-bond acceptors (Lipinski definition) is 3. The molecule has 0 amide bonds. The molecule has 0 aromatic carbocycles. The Hall–Kier alpha value is -1.30. The second-order valence-electron chi connectivity index (χ2n) is 3.10. The van der Waals surface area contributed by atoms with Crippen molar-refractivity contribution in [1.29, 1.82) is 0 Å². The summed E-state index contributed by atoms with van der Waals surface area (Å²) in [5, 5.41) is 11.6. The molecule has 15 heavy (non-hydrogen) atoms. The zero-order valence-electron chi connectivity index (χ0n) is 8.26. The molecule has 0 saturated carbocycles. The lowest BCUT2D eigenvalue weighted by Gasteiger charge is -2.15. The minimum Gasteiger partial charge on any atom is -0.378 e. The topological polar surface area (TPSA) is 45.2 Å². The lowest BCUT2D eigenvalue weighted by Crippen LogP contribution is -2.21. The smallest absolute Gasteiger partial charge is 0.378 e. The number of aryl methyl sites for hydroxylation is 1. The summed E-state index contributed by atoms with van der Waals surface area (Å²) in [7, 11) is 1.55. The summed E-state index contributed by atoms with van der Waals surface area (Å²) in [6.07, 6.45) is -7.22. The molecule has 0 fully saturated rings. The average Bonchev–Trinajstić information content (AvgIpc) is 2.16. The van der Waals surface area contributed by atoms with Crippen molar-refractivity contribution in [3.63, 3.8) is 0 Å². The third-order valence-corrected chi connectivity index (χ3v) is 1.95. The van der Waals surface area contributed by atoms with Gasteiger partial charge in [-0.25, -0.2) is 4.98 Å². The largest absolute Gasteiger partial charge is 0.420 e. The third kappa shape index (κ3) is 2.59. The summed E-state index contributed by atoms with van der Waals surface area (Å²) in [6, 6.07) is 2.64. The van der Waals surface area contributed by atoms with E-state index in [1.807, 2.05) is 0 Å². The first-order valence-corrected chi connectivity index (χ1v) is 4.26. The molecule has 0 aliphatic carbocycles. The van der Waals surface area contributed by atoms with Crippen LogP contribution in [0.5, 0.6) is 0 Å². The Morgan fingerprint density at radius 1 is 1.40 bits per heavy atom. The van der Waals surface area contributed by atoms with E-state index in [0.717, 1.165) is 11.6 Å². The van der Waals surface area contributed by atoms with E-state index in [1.54, 1.807) is 14.0 Å². The number of rotatable bonds is 2. The predicted molar refractivity (Wildman–Crippen MR) is 49.5 cm³/mol. The molecule has 1 rings (SSSR count). The first-order chi connectivity index (χ1) is 6.86. The summed E-state index contributed by atoms with van der Waals surface area (Å²) in [5.74, 6) is 0.329. The summed E-state index contributed by atoms with van der Waals surface area (Å²) in [4.78, 5) is 3.68. The van der Waals surface area contributed by atoms with E-state index in [-0.39, 0.29) is 0 Å². The van der Waals surface area contributed by atoms with Gasteiger partial charge in [0.15, 0.2) is 6.10 Å². The molecule has 0 bridgehead atoms. The van der Waals surface area contributed by atoms with Crippen molar-refractivity contribution in [1.82, 2.24) is 4.98 Å². The minimum absolute atomic E-state index is 0.329. The van der Waals surface area contributed by atoms with E-state index in [0.29, 0.717) is 5.82 Å². The zero-order valence-corrected chi connectivity index (χ0v) is 8.26. The number of aromatic nitrogens is 1. The van der Waals surface area contributed by atoms with Gasteiger partial charge in [0.1, 0.15) is 5.82 Å². The van der Waals surface area contributed by atoms with Crippen LogP contribution in [0.25, 0.3) is 0 Å². The average molecular weight is 220 g/mol. The van der Waals surface area contributed by atoms with Gasteiger partial charge in [0, 0.05) is 7.05 Å². The number of hydrogen-bond donors (Lipinski definition) is 2. The molecule has 0 aliphatic heterocycles. The number of halogens is 3. The Morgan fingerprint density at radius 2 is 2.00 bits per heavy atom. The zero-order chi connectivity index (χ0) is 11.6. The number of aliphatic hydroxyl groups excluding tert-OH is 1. The van der Waals surface area contributed by atoms with E-state index in [1.165, 1.54) is 6.07 Å². The normalized spacial score (nSPS) is 13.7. The van der Waals surface area contributed by atoms with Crippen molar-refractivity contribution >= 4 is 5.82 Å². The maximum absolute atomic E-state index is 12.2. The van der Waals surface area contributed by atoms with Crippen LogP contribution in [0.3, 0.4) is 0 Å². The first kappa shape index (κ1) is 11.8. The van der Waals surface area contributed by atoms with E-state index in [9.17, 15) is 13.2 Å². The van der Waals surface area contributed by atoms with Crippen LogP contribution in [0.2, 0.25) is 0 Å². The van der Waals surface area contributed by atoms with Gasteiger partial charge >= 0.3 is 6.18 Å². The van der Waals surface area contributed by atoms with E-state index in [4.69, 9.17) is 5.11 Å². The van der Waals surface area contributed by atoms with Gasteiger partial charge in [0.2, 0.25) is 0 Å². The molecule has 3 nitrogen and oxygen atoms in total. The van der Waals surface area contributed by atoms with Gasteiger partial charge in [-0.05, 0) is 18.6 Å². The number of aliphatic hydroxyl groups is 1. The number of anilines is 1. The Morgan fingerprint density at radius 3 is 2.47 bits per heavy atom. The highest BCUT2D eigenvalue weighted by Crippen LogP contribution is 2.32. The molecule has 0 radical (unpaired) electrons. The summed E-state index contributed by atoms with van der Waals surface area (Å²) in [5.41, 5.74) is 0.313. The molecular weight excluding hydrogens is 209 g/mol. The SMILES string of the molecule is CNc1nc(C(O)C(F)(F)F)ccc1C. The van der Waals surface area contributed by atoms with E-state index in [2.05, 4.69) is 10.3 Å². The number of nitrogens with one attached hydrogen (secondary N) is 1. The molecule has 84 valence electrons. The standard InChI is InChI=1S/C9H11F3N2O/c1-5-3-4-6(14-8(5)13-2)7(15)9(10,11)12/h3-4,7,15H,1-2H3,(H,13,14). The van der Waals surface area contributed by atoms with Crippen molar-refractivity contribution < 1.29 is 18.3 Å². The monoisotopic (exact) mass is 220 g/mol. The van der Waals surface area contributed by atoms with E-state index < -0.39 is 18.0 Å². The fraction of sp³-hybridized carbons (Fsp3) is 0.444. The van der Waals surface area contributed by atoms with Gasteiger partial charge in [-0.3, -0.25) is 0 Å². The molecule has 1 heterocycles. The first-order valence-electron chi connectivity index (χ1n) is 4.26. The third-order valence-electron chi connectivity index (χ3n) is 1.95. The van der Waals surface area contributed by atoms with Crippen molar-refractivity contribution in [2.45, 2.75) is 19.2 Å². The predicted octanol–water partition coefficient (Wildman–Crippen LogP) is 2.03. The molecule has 0 spiro atoms. The molecule has 1 unspecified atom stereocenters. The van der Waals surface area contributed by atoms with Crippen LogP contribution in [-0.4, -0.2) is 23.3 Å². The highest BCUT2D eigenvalue weighted by atomic mass is 19.4. The van der Waals surface area contributed by atoms with Crippen LogP contribution in [0.15, 0.2) is 12.1 Å². The molecule has 0 aliphatic rings. The van der Waals surface area contributed by atoms with Crippen LogP contribution in [0, 0.1) is 6.92 Å². The lowest BCUT2D eigenvalue weighted by atomic mass is 10.2. The van der Waals surface area contributed by atoms with E-state index >= 15 is 0 Å². The summed E-state index contributed by atoms with van der Waals surface area (Å²) in [6.45, 7) is 1.71. The number of pyridine rings is 1. The quantitative estimate of drug-likeness (QED) is 0.801. The summed E-state index contributed by atoms with van der Waals surface area (Å²) < 4.78 is 36.5. The Balaban J connectivity index is 3.06. The molecule has 2 N–H and O–H groups in total. The molecule has 1 atom stereocenters. The number of alkyl halides is 3. The van der Waals surface area contributed by atoms with Crippen LogP contribution in [0.1, 0.15) is 17.4 Å². The molecule has 1 aromatic rings. The summed E-state index contributed by atoms with van der Waals surface area (Å²) >= 11 is 0. The van der Waals surface area contributed by atoms with Gasteiger partial charge in [0.25, 0.3) is 0 Å². The second kappa shape index (κ2) is 4.06. The van der Waals surface area contributed by atoms with Crippen LogP contribution >= 0.6 is 0 Å². The van der Waals surface area contributed by atoms with Crippen molar-refractivity contribution in [3.8, 4) is 0 Å². The minimum atomic E-state index is -4.69. The highest BCUT2D eigenvalue weighted by Gasteiger charge is 2.40. The van der Waals surface area contributed by atoms with Crippen LogP contribution in [0.4, 0.5) is 19.0 Å². The maximum atomic E-state index is 12.2. The lowest BCUT2D eigenvalue weighted by molar-refractivity contribution is -0.207. The molecule has 0 saturated heterocycles. The Kier molecular flexibility index (Phi) is 3.18.